The Balaban J connectivity index is 2.32. The van der Waals surface area contributed by atoms with E-state index in [1.54, 1.807) is 24.3 Å². The van der Waals surface area contributed by atoms with Crippen molar-refractivity contribution in [2.24, 2.45) is 0 Å². The molecule has 0 atom stereocenters. The van der Waals surface area contributed by atoms with Crippen LogP contribution in [0, 0.1) is 0 Å². The standard InChI is InChI=1S/C13H19N3O3S/c1-2-14-11-5-3-4-6-12(11)20(18,19)16-9-7-13(17)15-8-10-16/h3-6,14H,2,7-10H2,1H3,(H,15,17). The number of nitrogens with zero attached hydrogens (tertiary/aromatic N) is 1. The Kier molecular flexibility index (Phi) is 4.61. The van der Waals surface area contributed by atoms with Gasteiger partial charge < -0.3 is 10.6 Å². The molecule has 2 N–H and O–H groups in total. The van der Waals surface area contributed by atoms with E-state index in [2.05, 4.69) is 10.6 Å². The Labute approximate surface area is 119 Å². The van der Waals surface area contributed by atoms with Crippen molar-refractivity contribution in [3.63, 3.8) is 0 Å². The second kappa shape index (κ2) is 6.23. The van der Waals surface area contributed by atoms with Crippen LogP contribution in [0.2, 0.25) is 0 Å². The molecule has 1 aromatic carbocycles. The number of amides is 1. The van der Waals surface area contributed by atoms with Gasteiger partial charge in [-0.1, -0.05) is 12.1 Å². The van der Waals surface area contributed by atoms with E-state index >= 15 is 0 Å². The number of hydrogen-bond acceptors (Lipinski definition) is 4. The van der Waals surface area contributed by atoms with E-state index in [9.17, 15) is 13.2 Å². The first-order valence-electron chi connectivity index (χ1n) is 6.65. The van der Waals surface area contributed by atoms with Gasteiger partial charge in [-0.3, -0.25) is 4.79 Å². The Morgan fingerprint density at radius 3 is 2.80 bits per heavy atom. The Bertz CT molecular complexity index is 586. The molecule has 0 unspecified atom stereocenters. The third-order valence-electron chi connectivity index (χ3n) is 3.14. The molecule has 1 aromatic rings. The third kappa shape index (κ3) is 3.10. The third-order valence-corrected chi connectivity index (χ3v) is 5.10. The van der Waals surface area contributed by atoms with Gasteiger partial charge in [-0.05, 0) is 19.1 Å². The molecular formula is C13H19N3O3S. The van der Waals surface area contributed by atoms with Gasteiger partial charge in [0.25, 0.3) is 0 Å². The molecule has 20 heavy (non-hydrogen) atoms. The van der Waals surface area contributed by atoms with Crippen LogP contribution >= 0.6 is 0 Å². The molecule has 0 aromatic heterocycles. The van der Waals surface area contributed by atoms with Gasteiger partial charge in [0.1, 0.15) is 4.90 Å². The predicted octanol–water partition coefficient (Wildman–Crippen LogP) is 0.629. The monoisotopic (exact) mass is 297 g/mol. The minimum absolute atomic E-state index is 0.109. The van der Waals surface area contributed by atoms with E-state index in [-0.39, 0.29) is 23.8 Å². The molecular weight excluding hydrogens is 278 g/mol. The summed E-state index contributed by atoms with van der Waals surface area (Å²) in [5.41, 5.74) is 0.596. The summed E-state index contributed by atoms with van der Waals surface area (Å²) in [6.45, 7) is 3.43. The van der Waals surface area contributed by atoms with Crippen molar-refractivity contribution in [3.05, 3.63) is 24.3 Å². The second-order valence-electron chi connectivity index (χ2n) is 4.53. The van der Waals surface area contributed by atoms with Crippen LogP contribution in [-0.2, 0) is 14.8 Å². The average molecular weight is 297 g/mol. The summed E-state index contributed by atoms with van der Waals surface area (Å²) in [4.78, 5) is 11.6. The molecule has 0 aliphatic carbocycles. The number of para-hydroxylation sites is 1. The maximum absolute atomic E-state index is 12.7. The van der Waals surface area contributed by atoms with Gasteiger partial charge in [0, 0.05) is 32.6 Å². The van der Waals surface area contributed by atoms with Gasteiger partial charge >= 0.3 is 0 Å². The highest BCUT2D eigenvalue weighted by atomic mass is 32.2. The van der Waals surface area contributed by atoms with Crippen LogP contribution in [0.4, 0.5) is 5.69 Å². The summed E-state index contributed by atoms with van der Waals surface area (Å²) >= 11 is 0. The molecule has 0 saturated carbocycles. The van der Waals surface area contributed by atoms with Crippen molar-refractivity contribution >= 4 is 21.6 Å². The molecule has 0 bridgehead atoms. The fourth-order valence-electron chi connectivity index (χ4n) is 2.15. The van der Waals surface area contributed by atoms with E-state index in [0.29, 0.717) is 25.3 Å². The predicted molar refractivity (Wildman–Crippen MR) is 77.0 cm³/mol. The molecule has 0 radical (unpaired) electrons. The van der Waals surface area contributed by atoms with Crippen molar-refractivity contribution < 1.29 is 13.2 Å². The van der Waals surface area contributed by atoms with Gasteiger partial charge in [0.15, 0.2) is 0 Å². The summed E-state index contributed by atoms with van der Waals surface area (Å²) in [6.07, 6.45) is 0.197. The van der Waals surface area contributed by atoms with Crippen molar-refractivity contribution in [2.45, 2.75) is 18.2 Å². The number of sulfonamides is 1. The first-order valence-corrected chi connectivity index (χ1v) is 8.09. The lowest BCUT2D eigenvalue weighted by molar-refractivity contribution is -0.120. The van der Waals surface area contributed by atoms with E-state index in [1.807, 2.05) is 6.92 Å². The van der Waals surface area contributed by atoms with Gasteiger partial charge in [0.05, 0.1) is 5.69 Å². The maximum Gasteiger partial charge on any atom is 0.245 e. The highest BCUT2D eigenvalue weighted by Crippen LogP contribution is 2.24. The van der Waals surface area contributed by atoms with Gasteiger partial charge in [-0.25, -0.2) is 8.42 Å². The highest BCUT2D eigenvalue weighted by Gasteiger charge is 2.28. The zero-order valence-electron chi connectivity index (χ0n) is 11.4. The SMILES string of the molecule is CCNc1ccccc1S(=O)(=O)N1CCNC(=O)CC1. The van der Waals surface area contributed by atoms with Crippen LogP contribution < -0.4 is 10.6 Å². The van der Waals surface area contributed by atoms with Crippen LogP contribution in [0.3, 0.4) is 0 Å². The highest BCUT2D eigenvalue weighted by molar-refractivity contribution is 7.89. The molecule has 0 spiro atoms. The maximum atomic E-state index is 12.7. The minimum atomic E-state index is -3.58. The number of carbonyl (C=O) groups excluding carboxylic acids is 1. The fourth-order valence-corrected chi connectivity index (χ4v) is 3.76. The van der Waals surface area contributed by atoms with Crippen LogP contribution in [0.5, 0.6) is 0 Å². The van der Waals surface area contributed by atoms with Gasteiger partial charge in [-0.2, -0.15) is 4.31 Å². The Hall–Kier alpha value is -1.60. The Morgan fingerprint density at radius 1 is 1.30 bits per heavy atom. The van der Waals surface area contributed by atoms with Crippen molar-refractivity contribution in [2.75, 3.05) is 31.5 Å². The number of benzene rings is 1. The van der Waals surface area contributed by atoms with Crippen molar-refractivity contribution in [1.29, 1.82) is 0 Å². The summed E-state index contributed by atoms with van der Waals surface area (Å²) < 4.78 is 26.7. The van der Waals surface area contributed by atoms with Crippen LogP contribution in [0.1, 0.15) is 13.3 Å². The summed E-state index contributed by atoms with van der Waals surface area (Å²) in [5.74, 6) is -0.109. The zero-order valence-corrected chi connectivity index (χ0v) is 12.2. The molecule has 1 fully saturated rings. The average Bonchev–Trinajstić information content (AvgIpc) is 2.65. The topological polar surface area (TPSA) is 78.5 Å². The first kappa shape index (κ1) is 14.8. The molecule has 1 saturated heterocycles. The number of hydrogen-bond donors (Lipinski definition) is 2. The molecule has 1 aliphatic heterocycles. The summed E-state index contributed by atoms with van der Waals surface area (Å²) in [6, 6.07) is 6.84. The van der Waals surface area contributed by atoms with Gasteiger partial charge in [0.2, 0.25) is 15.9 Å². The zero-order chi connectivity index (χ0) is 14.6. The normalized spacial score (nSPS) is 17.4. The van der Waals surface area contributed by atoms with Crippen LogP contribution in [0.15, 0.2) is 29.2 Å². The van der Waals surface area contributed by atoms with E-state index in [0.717, 1.165) is 0 Å². The fraction of sp³-hybridized carbons (Fsp3) is 0.462. The molecule has 1 heterocycles. The lowest BCUT2D eigenvalue weighted by Gasteiger charge is -2.21. The quantitative estimate of drug-likeness (QED) is 0.854. The van der Waals surface area contributed by atoms with Crippen molar-refractivity contribution in [1.82, 2.24) is 9.62 Å². The lowest BCUT2D eigenvalue weighted by atomic mass is 10.3. The molecule has 7 heteroatoms. The van der Waals surface area contributed by atoms with Crippen LogP contribution in [-0.4, -0.2) is 44.8 Å². The molecule has 2 rings (SSSR count). The largest absolute Gasteiger partial charge is 0.384 e. The molecule has 1 aliphatic rings. The molecule has 1 amide bonds. The van der Waals surface area contributed by atoms with Crippen LogP contribution in [0.25, 0.3) is 0 Å². The number of rotatable bonds is 4. The summed E-state index contributed by atoms with van der Waals surface area (Å²) in [5, 5.41) is 5.73. The van der Waals surface area contributed by atoms with Gasteiger partial charge in [-0.15, -0.1) is 0 Å². The minimum Gasteiger partial charge on any atom is -0.384 e. The van der Waals surface area contributed by atoms with E-state index in [1.165, 1.54) is 4.31 Å². The second-order valence-corrected chi connectivity index (χ2v) is 6.44. The number of nitrogens with one attached hydrogen (secondary N) is 2. The van der Waals surface area contributed by atoms with E-state index in [4.69, 9.17) is 0 Å². The molecule has 110 valence electrons. The summed E-state index contributed by atoms with van der Waals surface area (Å²) in [7, 11) is -3.58. The smallest absolute Gasteiger partial charge is 0.245 e. The first-order chi connectivity index (χ1) is 9.55. The molecule has 6 nitrogen and oxygen atoms in total. The van der Waals surface area contributed by atoms with Crippen molar-refractivity contribution in [3.8, 4) is 0 Å². The van der Waals surface area contributed by atoms with E-state index < -0.39 is 10.0 Å². The number of carbonyl (C=O) groups is 1. The lowest BCUT2D eigenvalue weighted by Crippen LogP contribution is -2.34. The Morgan fingerprint density at radius 2 is 2.05 bits per heavy atom. The number of anilines is 1.